The molecule has 0 amide bonds. The molecule has 0 aliphatic rings. The molecule has 3 N–H and O–H groups in total. The van der Waals surface area contributed by atoms with Crippen LogP contribution in [0, 0.1) is 0 Å². The maximum atomic E-state index is 11.8. The number of primary sulfonamides is 1. The Kier molecular flexibility index (Phi) is 5.73. The van der Waals surface area contributed by atoms with Crippen molar-refractivity contribution in [3.8, 4) is 0 Å². The Morgan fingerprint density at radius 2 is 1.75 bits per heavy atom. The molecule has 0 spiro atoms. The van der Waals surface area contributed by atoms with Crippen molar-refractivity contribution in [3.63, 3.8) is 0 Å². The number of hydrogen-bond donors (Lipinski definition) is 2. The highest BCUT2D eigenvalue weighted by atomic mass is 32.2. The largest absolute Gasteiger partial charge is 0.463 e. The van der Waals surface area contributed by atoms with E-state index in [1.165, 1.54) is 12.1 Å². The maximum absolute atomic E-state index is 11.8. The van der Waals surface area contributed by atoms with Crippen LogP contribution >= 0.6 is 0 Å². The van der Waals surface area contributed by atoms with Gasteiger partial charge in [-0.3, -0.25) is 0 Å². The average Bonchev–Trinajstić information content (AvgIpc) is 2.55. The molecule has 126 valence electrons. The van der Waals surface area contributed by atoms with E-state index in [0.717, 1.165) is 0 Å². The van der Waals surface area contributed by atoms with Crippen molar-refractivity contribution in [2.75, 3.05) is 11.9 Å². The molecule has 0 saturated heterocycles. The summed E-state index contributed by atoms with van der Waals surface area (Å²) in [6.07, 6.45) is 1.28. The van der Waals surface area contributed by atoms with Crippen molar-refractivity contribution in [2.45, 2.75) is 11.8 Å². The smallest absolute Gasteiger partial charge is 0.332 e. The van der Waals surface area contributed by atoms with Crippen molar-refractivity contribution < 1.29 is 17.9 Å². The van der Waals surface area contributed by atoms with Gasteiger partial charge >= 0.3 is 5.97 Å². The van der Waals surface area contributed by atoms with Gasteiger partial charge in [0.2, 0.25) is 10.0 Å². The number of carbonyl (C=O) groups is 1. The summed E-state index contributed by atoms with van der Waals surface area (Å²) in [4.78, 5) is 11.8. The molecule has 24 heavy (non-hydrogen) atoms. The van der Waals surface area contributed by atoms with Gasteiger partial charge in [-0.25, -0.2) is 18.4 Å². The Labute approximate surface area is 141 Å². The highest BCUT2D eigenvalue weighted by molar-refractivity contribution is 7.89. The SMILES string of the molecule is CCOC(=O)/C=C(/Nc1ccccc1S(N)(=O)=O)c1ccccc1. The Hall–Kier alpha value is -2.64. The van der Waals surface area contributed by atoms with Crippen molar-refractivity contribution >= 4 is 27.4 Å². The number of anilines is 1. The minimum Gasteiger partial charge on any atom is -0.463 e. The summed E-state index contributed by atoms with van der Waals surface area (Å²) in [7, 11) is -3.91. The topological polar surface area (TPSA) is 98.5 Å². The molecule has 6 nitrogen and oxygen atoms in total. The fourth-order valence-electron chi connectivity index (χ4n) is 2.07. The Morgan fingerprint density at radius 3 is 2.38 bits per heavy atom. The van der Waals surface area contributed by atoms with Crippen LogP contribution in [0.25, 0.3) is 5.70 Å². The van der Waals surface area contributed by atoms with Crippen LogP contribution in [-0.4, -0.2) is 21.0 Å². The van der Waals surface area contributed by atoms with Gasteiger partial charge in [0.25, 0.3) is 0 Å². The lowest BCUT2D eigenvalue weighted by molar-refractivity contribution is -0.137. The monoisotopic (exact) mass is 346 g/mol. The van der Waals surface area contributed by atoms with Crippen molar-refractivity contribution in [1.82, 2.24) is 0 Å². The van der Waals surface area contributed by atoms with E-state index in [1.807, 2.05) is 18.2 Å². The van der Waals surface area contributed by atoms with Crippen LogP contribution in [-0.2, 0) is 19.6 Å². The Morgan fingerprint density at radius 1 is 1.12 bits per heavy atom. The van der Waals surface area contributed by atoms with E-state index in [0.29, 0.717) is 11.3 Å². The van der Waals surface area contributed by atoms with E-state index < -0.39 is 16.0 Å². The first kappa shape index (κ1) is 17.7. The van der Waals surface area contributed by atoms with Gasteiger partial charge in [0.15, 0.2) is 0 Å². The van der Waals surface area contributed by atoms with Gasteiger partial charge in [-0.15, -0.1) is 0 Å². The second-order valence-corrected chi connectivity index (χ2v) is 6.37. The van der Waals surface area contributed by atoms with E-state index >= 15 is 0 Å². The summed E-state index contributed by atoms with van der Waals surface area (Å²) in [6.45, 7) is 1.95. The first-order valence-corrected chi connectivity index (χ1v) is 8.79. The number of hydrogen-bond acceptors (Lipinski definition) is 5. The lowest BCUT2D eigenvalue weighted by atomic mass is 10.1. The first-order valence-electron chi connectivity index (χ1n) is 7.24. The molecule has 0 aromatic heterocycles. The maximum Gasteiger partial charge on any atom is 0.332 e. The van der Waals surface area contributed by atoms with Crippen LogP contribution in [0.15, 0.2) is 65.6 Å². The lowest BCUT2D eigenvalue weighted by Gasteiger charge is -2.14. The summed E-state index contributed by atoms with van der Waals surface area (Å²) in [6, 6.07) is 15.2. The predicted octanol–water partition coefficient (Wildman–Crippen LogP) is 2.35. The highest BCUT2D eigenvalue weighted by Crippen LogP contribution is 2.24. The van der Waals surface area contributed by atoms with Crippen LogP contribution < -0.4 is 10.5 Å². The highest BCUT2D eigenvalue weighted by Gasteiger charge is 2.15. The third-order valence-electron chi connectivity index (χ3n) is 3.10. The molecule has 0 bridgehead atoms. The quantitative estimate of drug-likeness (QED) is 0.618. The van der Waals surface area contributed by atoms with E-state index in [4.69, 9.17) is 9.88 Å². The number of carbonyl (C=O) groups excluding carboxylic acids is 1. The van der Waals surface area contributed by atoms with E-state index in [2.05, 4.69) is 5.32 Å². The number of nitrogens with two attached hydrogens (primary N) is 1. The summed E-state index contributed by atoms with van der Waals surface area (Å²) in [5.74, 6) is -0.531. The number of ether oxygens (including phenoxy) is 1. The predicted molar refractivity (Wildman–Crippen MR) is 92.5 cm³/mol. The van der Waals surface area contributed by atoms with Crippen molar-refractivity contribution in [3.05, 3.63) is 66.2 Å². The molecule has 0 unspecified atom stereocenters. The zero-order valence-electron chi connectivity index (χ0n) is 13.1. The molecular weight excluding hydrogens is 328 g/mol. The van der Waals surface area contributed by atoms with Gasteiger partial charge in [0.1, 0.15) is 4.90 Å². The second kappa shape index (κ2) is 7.76. The molecule has 0 fully saturated rings. The zero-order valence-corrected chi connectivity index (χ0v) is 13.9. The number of para-hydroxylation sites is 1. The minimum atomic E-state index is -3.91. The minimum absolute atomic E-state index is 0.0595. The summed E-state index contributed by atoms with van der Waals surface area (Å²) in [5.41, 5.74) is 1.39. The van der Waals surface area contributed by atoms with E-state index in [9.17, 15) is 13.2 Å². The molecule has 2 aromatic rings. The molecule has 0 aliphatic carbocycles. The summed E-state index contributed by atoms with van der Waals surface area (Å²) < 4.78 is 28.4. The second-order valence-electron chi connectivity index (χ2n) is 4.84. The third kappa shape index (κ3) is 4.68. The van der Waals surface area contributed by atoms with Crippen LogP contribution in [0.1, 0.15) is 12.5 Å². The Balaban J connectivity index is 2.46. The lowest BCUT2D eigenvalue weighted by Crippen LogP contribution is -2.15. The zero-order chi connectivity index (χ0) is 17.6. The van der Waals surface area contributed by atoms with Gasteiger partial charge < -0.3 is 10.1 Å². The number of rotatable bonds is 6. The van der Waals surface area contributed by atoms with Crippen molar-refractivity contribution in [2.24, 2.45) is 5.14 Å². The fourth-order valence-corrected chi connectivity index (χ4v) is 2.77. The Bertz CT molecular complexity index is 846. The fraction of sp³-hybridized carbons (Fsp3) is 0.118. The first-order chi connectivity index (χ1) is 11.4. The summed E-state index contributed by atoms with van der Waals surface area (Å²) in [5, 5.41) is 8.20. The summed E-state index contributed by atoms with van der Waals surface area (Å²) >= 11 is 0. The molecule has 0 radical (unpaired) electrons. The standard InChI is InChI=1S/C17H18N2O4S/c1-2-23-17(20)12-15(13-8-4-3-5-9-13)19-14-10-6-7-11-16(14)24(18,21)22/h3-12,19H,2H2,1H3,(H2,18,21,22)/b15-12+. The molecule has 2 rings (SSSR count). The van der Waals surface area contributed by atoms with Crippen LogP contribution in [0.2, 0.25) is 0 Å². The number of esters is 1. The van der Waals surface area contributed by atoms with Crippen LogP contribution in [0.4, 0.5) is 5.69 Å². The van der Waals surface area contributed by atoms with Gasteiger partial charge in [-0.2, -0.15) is 0 Å². The number of nitrogens with one attached hydrogen (secondary N) is 1. The molecule has 0 saturated carbocycles. The molecular formula is C17H18N2O4S. The molecule has 7 heteroatoms. The van der Waals surface area contributed by atoms with E-state index in [-0.39, 0.29) is 17.2 Å². The number of benzene rings is 2. The number of sulfonamides is 1. The van der Waals surface area contributed by atoms with Gasteiger partial charge in [0, 0.05) is 6.08 Å². The van der Waals surface area contributed by atoms with Crippen LogP contribution in [0.5, 0.6) is 0 Å². The molecule has 2 aromatic carbocycles. The van der Waals surface area contributed by atoms with Crippen LogP contribution in [0.3, 0.4) is 0 Å². The van der Waals surface area contributed by atoms with Gasteiger partial charge in [0.05, 0.1) is 18.0 Å². The third-order valence-corrected chi connectivity index (χ3v) is 4.07. The molecule has 0 aliphatic heterocycles. The van der Waals surface area contributed by atoms with Gasteiger partial charge in [-0.1, -0.05) is 42.5 Å². The average molecular weight is 346 g/mol. The molecule has 0 heterocycles. The van der Waals surface area contributed by atoms with E-state index in [1.54, 1.807) is 37.3 Å². The normalized spacial score (nSPS) is 11.8. The molecule has 0 atom stereocenters. The van der Waals surface area contributed by atoms with Crippen molar-refractivity contribution in [1.29, 1.82) is 0 Å². The van der Waals surface area contributed by atoms with Gasteiger partial charge in [-0.05, 0) is 24.6 Å².